The molecule has 0 amide bonds. The van der Waals surface area contributed by atoms with Crippen molar-refractivity contribution in [3.63, 3.8) is 0 Å². The van der Waals surface area contributed by atoms with Crippen molar-refractivity contribution in [1.82, 2.24) is 4.98 Å². The van der Waals surface area contributed by atoms with Crippen molar-refractivity contribution in [2.45, 2.75) is 58.3 Å². The first-order chi connectivity index (χ1) is 12.1. The molecular weight excluding hydrogens is 322 g/mol. The Bertz CT molecular complexity index is 891. The normalized spacial score (nSPS) is 17.9. The first-order valence-electron chi connectivity index (χ1n) is 9.14. The molecule has 1 N–H and O–H groups in total. The van der Waals surface area contributed by atoms with Gasteiger partial charge in [0.1, 0.15) is 0 Å². The molecule has 3 heteroatoms. The Morgan fingerprint density at radius 1 is 1.08 bits per heavy atom. The van der Waals surface area contributed by atoms with Gasteiger partial charge in [0.05, 0.1) is 11.4 Å². The Labute approximate surface area is 155 Å². The second-order valence-electron chi connectivity index (χ2n) is 8.60. The van der Waals surface area contributed by atoms with E-state index < -0.39 is 5.97 Å². The van der Waals surface area contributed by atoms with Crippen molar-refractivity contribution in [3.8, 4) is 11.3 Å². The topological polar surface area (TPSA) is 50.2 Å². The average Bonchev–Trinajstić information content (AvgIpc) is 2.57. The molecule has 1 aliphatic rings. The fraction of sp³-hybridized carbons (Fsp3) is 0.391. The van der Waals surface area contributed by atoms with Crippen molar-refractivity contribution in [3.05, 3.63) is 58.8 Å². The number of carbonyl (C=O) groups is 1. The molecule has 0 saturated heterocycles. The van der Waals surface area contributed by atoms with Gasteiger partial charge in [-0.2, -0.15) is 0 Å². The number of nitrogens with zero attached hydrogens (tertiary/aromatic N) is 1. The summed E-state index contributed by atoms with van der Waals surface area (Å²) in [5.74, 6) is -0.967. The Morgan fingerprint density at radius 3 is 2.31 bits per heavy atom. The van der Waals surface area contributed by atoms with Crippen LogP contribution in [0.15, 0.2) is 36.4 Å². The number of aryl methyl sites for hydroxylation is 1. The molecule has 0 spiro atoms. The van der Waals surface area contributed by atoms with Crippen LogP contribution in [0.1, 0.15) is 62.9 Å². The smallest absolute Gasteiger partial charge is 0.328 e. The summed E-state index contributed by atoms with van der Waals surface area (Å²) in [5, 5.41) is 8.83. The van der Waals surface area contributed by atoms with Crippen LogP contribution in [0.25, 0.3) is 17.3 Å². The highest BCUT2D eigenvalue weighted by Gasteiger charge is 2.37. The molecule has 3 rings (SSSR count). The van der Waals surface area contributed by atoms with Crippen molar-refractivity contribution < 1.29 is 9.90 Å². The highest BCUT2D eigenvalue weighted by Crippen LogP contribution is 2.47. The molecule has 1 aliphatic carbocycles. The molecule has 2 aromatic rings. The van der Waals surface area contributed by atoms with Gasteiger partial charge in [0, 0.05) is 11.6 Å². The Balaban J connectivity index is 2.13. The molecule has 26 heavy (non-hydrogen) atoms. The number of hydrogen-bond acceptors (Lipinski definition) is 2. The van der Waals surface area contributed by atoms with Gasteiger partial charge in [-0.25, -0.2) is 9.78 Å². The fourth-order valence-electron chi connectivity index (χ4n) is 3.85. The van der Waals surface area contributed by atoms with E-state index in [1.54, 1.807) is 0 Å². The van der Waals surface area contributed by atoms with E-state index in [0.29, 0.717) is 5.69 Å². The SMILES string of the molecule is Cc1cc2c(cc1-c1cccc(/C=C/C(=O)O)n1)C(C)(C)CCC2(C)C. The van der Waals surface area contributed by atoms with E-state index in [0.717, 1.165) is 17.3 Å². The van der Waals surface area contributed by atoms with Gasteiger partial charge in [0.15, 0.2) is 0 Å². The lowest BCUT2D eigenvalue weighted by Gasteiger charge is -2.42. The predicted molar refractivity (Wildman–Crippen MR) is 106 cm³/mol. The number of fused-ring (bicyclic) bond motifs is 1. The van der Waals surface area contributed by atoms with E-state index >= 15 is 0 Å². The lowest BCUT2D eigenvalue weighted by molar-refractivity contribution is -0.131. The predicted octanol–water partition coefficient (Wildman–Crippen LogP) is 5.50. The van der Waals surface area contributed by atoms with Gasteiger partial charge in [-0.3, -0.25) is 0 Å². The average molecular weight is 349 g/mol. The largest absolute Gasteiger partial charge is 0.478 e. The summed E-state index contributed by atoms with van der Waals surface area (Å²) in [4.78, 5) is 15.4. The van der Waals surface area contributed by atoms with Crippen LogP contribution in [0.5, 0.6) is 0 Å². The lowest BCUT2D eigenvalue weighted by atomic mass is 9.62. The molecule has 1 aromatic heterocycles. The molecule has 3 nitrogen and oxygen atoms in total. The molecule has 1 heterocycles. The van der Waals surface area contributed by atoms with Crippen LogP contribution in [0.2, 0.25) is 0 Å². The van der Waals surface area contributed by atoms with Crippen LogP contribution in [-0.4, -0.2) is 16.1 Å². The highest BCUT2D eigenvalue weighted by atomic mass is 16.4. The zero-order chi connectivity index (χ0) is 19.1. The maximum absolute atomic E-state index is 10.8. The van der Waals surface area contributed by atoms with E-state index in [-0.39, 0.29) is 10.8 Å². The molecule has 0 atom stereocenters. The van der Waals surface area contributed by atoms with Crippen molar-refractivity contribution in [1.29, 1.82) is 0 Å². The van der Waals surface area contributed by atoms with Crippen molar-refractivity contribution in [2.75, 3.05) is 0 Å². The molecule has 0 saturated carbocycles. The molecule has 0 aliphatic heterocycles. The maximum atomic E-state index is 10.8. The first kappa shape index (κ1) is 18.4. The molecule has 136 valence electrons. The molecule has 0 fully saturated rings. The van der Waals surface area contributed by atoms with E-state index in [4.69, 9.17) is 5.11 Å². The number of carboxylic acids is 1. The number of rotatable bonds is 3. The second kappa shape index (κ2) is 6.39. The van der Waals surface area contributed by atoms with Crippen LogP contribution < -0.4 is 0 Å². The summed E-state index contributed by atoms with van der Waals surface area (Å²) in [7, 11) is 0. The van der Waals surface area contributed by atoms with Crippen LogP contribution >= 0.6 is 0 Å². The third-order valence-electron chi connectivity index (χ3n) is 5.64. The maximum Gasteiger partial charge on any atom is 0.328 e. The Kier molecular flexibility index (Phi) is 4.51. The molecule has 0 bridgehead atoms. The van der Waals surface area contributed by atoms with Crippen LogP contribution in [0.3, 0.4) is 0 Å². The minimum Gasteiger partial charge on any atom is -0.478 e. The lowest BCUT2D eigenvalue weighted by Crippen LogP contribution is -2.34. The van der Waals surface area contributed by atoms with Crippen LogP contribution in [-0.2, 0) is 15.6 Å². The van der Waals surface area contributed by atoms with Crippen molar-refractivity contribution >= 4 is 12.0 Å². The molecule has 0 unspecified atom stereocenters. The van der Waals surface area contributed by atoms with Gasteiger partial charge in [-0.05, 0) is 71.6 Å². The molecule has 1 aromatic carbocycles. The van der Waals surface area contributed by atoms with Gasteiger partial charge >= 0.3 is 5.97 Å². The number of aromatic nitrogens is 1. The van der Waals surface area contributed by atoms with Gasteiger partial charge < -0.3 is 5.11 Å². The zero-order valence-electron chi connectivity index (χ0n) is 16.3. The van der Waals surface area contributed by atoms with E-state index in [1.807, 2.05) is 18.2 Å². The number of pyridine rings is 1. The standard InChI is InChI=1S/C23H27NO2/c1-15-13-18-19(23(4,5)12-11-22(18,2)3)14-17(15)20-8-6-7-16(24-20)9-10-21(25)26/h6-10,13-14H,11-12H2,1-5H3,(H,25,26)/b10-9+. The van der Waals surface area contributed by atoms with Gasteiger partial charge in [-0.15, -0.1) is 0 Å². The minimum absolute atomic E-state index is 0.147. The highest BCUT2D eigenvalue weighted by molar-refractivity contribution is 5.85. The number of benzene rings is 1. The quantitative estimate of drug-likeness (QED) is 0.744. The van der Waals surface area contributed by atoms with Gasteiger partial charge in [-0.1, -0.05) is 39.8 Å². The van der Waals surface area contributed by atoms with E-state index in [9.17, 15) is 4.79 Å². The van der Waals surface area contributed by atoms with Gasteiger partial charge in [0.25, 0.3) is 0 Å². The second-order valence-corrected chi connectivity index (χ2v) is 8.60. The van der Waals surface area contributed by atoms with Crippen LogP contribution in [0.4, 0.5) is 0 Å². The van der Waals surface area contributed by atoms with E-state index in [2.05, 4.69) is 51.7 Å². The molecule has 0 radical (unpaired) electrons. The number of aliphatic carboxylic acids is 1. The minimum atomic E-state index is -0.967. The summed E-state index contributed by atoms with van der Waals surface area (Å²) < 4.78 is 0. The fourth-order valence-corrected chi connectivity index (χ4v) is 3.85. The van der Waals surface area contributed by atoms with Gasteiger partial charge in [0.2, 0.25) is 0 Å². The molecular formula is C23H27NO2. The number of hydrogen-bond donors (Lipinski definition) is 1. The number of carboxylic acid groups (broad SMARTS) is 1. The summed E-state index contributed by atoms with van der Waals surface area (Å²) in [5.41, 5.74) is 7.06. The summed E-state index contributed by atoms with van der Waals surface area (Å²) in [6, 6.07) is 10.4. The monoisotopic (exact) mass is 349 g/mol. The zero-order valence-corrected chi connectivity index (χ0v) is 16.3. The third kappa shape index (κ3) is 3.44. The summed E-state index contributed by atoms with van der Waals surface area (Å²) in [6.45, 7) is 11.4. The van der Waals surface area contributed by atoms with Crippen molar-refractivity contribution in [2.24, 2.45) is 0 Å². The Morgan fingerprint density at radius 2 is 1.69 bits per heavy atom. The Hall–Kier alpha value is -2.42. The summed E-state index contributed by atoms with van der Waals surface area (Å²) in [6.07, 6.45) is 5.02. The van der Waals surface area contributed by atoms with E-state index in [1.165, 1.54) is 35.6 Å². The third-order valence-corrected chi connectivity index (χ3v) is 5.64. The van der Waals surface area contributed by atoms with Crippen LogP contribution in [0, 0.1) is 6.92 Å². The summed E-state index contributed by atoms with van der Waals surface area (Å²) >= 11 is 0. The first-order valence-corrected chi connectivity index (χ1v) is 9.14.